The summed E-state index contributed by atoms with van der Waals surface area (Å²) < 4.78 is 0. The van der Waals surface area contributed by atoms with Crippen LogP contribution in [-0.4, -0.2) is 30.9 Å². The lowest BCUT2D eigenvalue weighted by Gasteiger charge is -2.35. The van der Waals surface area contributed by atoms with E-state index >= 15 is 0 Å². The molecule has 3 nitrogen and oxygen atoms in total. The molecule has 2 rings (SSSR count). The first-order valence-corrected chi connectivity index (χ1v) is 7.66. The van der Waals surface area contributed by atoms with E-state index in [4.69, 9.17) is 0 Å². The minimum Gasteiger partial charge on any atom is -0.335 e. The summed E-state index contributed by atoms with van der Waals surface area (Å²) in [6.45, 7) is 3.98. The van der Waals surface area contributed by atoms with Gasteiger partial charge in [-0.3, -0.25) is 4.79 Å². The second-order valence-corrected chi connectivity index (χ2v) is 5.77. The van der Waals surface area contributed by atoms with Crippen molar-refractivity contribution < 1.29 is 4.79 Å². The monoisotopic (exact) mass is 266 g/mol. The molecule has 1 aliphatic heterocycles. The van der Waals surface area contributed by atoms with Crippen LogP contribution in [-0.2, 0) is 11.2 Å². The minimum atomic E-state index is 0.307. The van der Waals surface area contributed by atoms with Gasteiger partial charge < -0.3 is 10.2 Å². The normalized spacial score (nSPS) is 18.8. The Balaban J connectivity index is 2.03. The van der Waals surface area contributed by atoms with Crippen molar-refractivity contribution in [1.82, 2.24) is 10.2 Å². The third-order valence-electron chi connectivity index (χ3n) is 3.62. The number of carbonyl (C=O) groups is 1. The van der Waals surface area contributed by atoms with Crippen LogP contribution in [0.15, 0.2) is 11.4 Å². The predicted octanol–water partition coefficient (Wildman–Crippen LogP) is 2.58. The first kappa shape index (κ1) is 13.6. The number of hydrogen-bond donors (Lipinski definition) is 1. The number of thiophene rings is 1. The van der Waals surface area contributed by atoms with E-state index in [0.29, 0.717) is 18.4 Å². The highest BCUT2D eigenvalue weighted by Gasteiger charge is 2.29. The Bertz CT molecular complexity index is 402. The van der Waals surface area contributed by atoms with Crippen LogP contribution in [0.1, 0.15) is 42.7 Å². The maximum absolute atomic E-state index is 12.3. The molecule has 0 fully saturated rings. The van der Waals surface area contributed by atoms with Gasteiger partial charge in [0.1, 0.15) is 0 Å². The smallest absolute Gasteiger partial charge is 0.223 e. The van der Waals surface area contributed by atoms with Crippen LogP contribution in [0.4, 0.5) is 0 Å². The molecule has 0 aliphatic carbocycles. The Hall–Kier alpha value is -0.870. The van der Waals surface area contributed by atoms with Crippen molar-refractivity contribution >= 4 is 17.2 Å². The molecule has 0 bridgehead atoms. The second-order valence-electron chi connectivity index (χ2n) is 4.77. The van der Waals surface area contributed by atoms with Gasteiger partial charge in [0.05, 0.1) is 6.04 Å². The molecule has 0 spiro atoms. The van der Waals surface area contributed by atoms with Crippen molar-refractivity contribution in [2.75, 3.05) is 20.1 Å². The number of rotatable bonds is 5. The summed E-state index contributed by atoms with van der Waals surface area (Å²) >= 11 is 1.83. The molecule has 1 atom stereocenters. The summed E-state index contributed by atoms with van der Waals surface area (Å²) in [6, 6.07) is 2.50. The fraction of sp³-hybridized carbons (Fsp3) is 0.643. The Morgan fingerprint density at radius 2 is 2.44 bits per heavy atom. The quantitative estimate of drug-likeness (QED) is 0.831. The molecule has 1 aliphatic rings. The summed E-state index contributed by atoms with van der Waals surface area (Å²) in [5.74, 6) is 0.314. The Kier molecular flexibility index (Phi) is 4.78. The maximum Gasteiger partial charge on any atom is 0.223 e. The van der Waals surface area contributed by atoms with Crippen molar-refractivity contribution in [2.24, 2.45) is 0 Å². The Labute approximate surface area is 113 Å². The van der Waals surface area contributed by atoms with Gasteiger partial charge in [-0.25, -0.2) is 0 Å². The molecule has 1 aromatic rings. The molecule has 0 aromatic carbocycles. The molecule has 1 unspecified atom stereocenters. The molecule has 18 heavy (non-hydrogen) atoms. The van der Waals surface area contributed by atoms with Gasteiger partial charge in [0.25, 0.3) is 0 Å². The van der Waals surface area contributed by atoms with Crippen LogP contribution in [0.25, 0.3) is 0 Å². The average molecular weight is 266 g/mol. The molecule has 100 valence electrons. The van der Waals surface area contributed by atoms with Crippen molar-refractivity contribution in [1.29, 1.82) is 0 Å². The van der Waals surface area contributed by atoms with Gasteiger partial charge in [0, 0.05) is 17.8 Å². The Morgan fingerprint density at radius 1 is 1.61 bits per heavy atom. The standard InChI is InChI=1S/C14H22N2OS/c1-3-12-11-7-10-18-13(11)6-9-16(12)14(17)5-4-8-15-2/h7,10,12,15H,3-6,8-9H2,1-2H3. The van der Waals surface area contributed by atoms with E-state index in [0.717, 1.165) is 32.4 Å². The summed E-state index contributed by atoms with van der Waals surface area (Å²) in [7, 11) is 1.93. The highest BCUT2D eigenvalue weighted by molar-refractivity contribution is 7.10. The van der Waals surface area contributed by atoms with Gasteiger partial charge in [-0.15, -0.1) is 11.3 Å². The number of amides is 1. The number of nitrogens with one attached hydrogen (secondary N) is 1. The number of nitrogens with zero attached hydrogens (tertiary/aromatic N) is 1. The van der Waals surface area contributed by atoms with E-state index in [1.165, 1.54) is 10.4 Å². The van der Waals surface area contributed by atoms with Crippen LogP contribution in [0.5, 0.6) is 0 Å². The van der Waals surface area contributed by atoms with Gasteiger partial charge in [-0.05, 0) is 49.9 Å². The van der Waals surface area contributed by atoms with Gasteiger partial charge in [0.2, 0.25) is 5.91 Å². The third kappa shape index (κ3) is 2.75. The SMILES string of the molecule is CCC1c2ccsc2CCN1C(=O)CCCNC. The van der Waals surface area contributed by atoms with Gasteiger partial charge in [-0.2, -0.15) is 0 Å². The van der Waals surface area contributed by atoms with E-state index in [1.54, 1.807) is 0 Å². The summed E-state index contributed by atoms with van der Waals surface area (Å²) in [6.07, 6.45) is 3.64. The van der Waals surface area contributed by atoms with Crippen LogP contribution >= 0.6 is 11.3 Å². The molecule has 1 aromatic heterocycles. The van der Waals surface area contributed by atoms with Crippen molar-refractivity contribution in [3.05, 3.63) is 21.9 Å². The minimum absolute atomic E-state index is 0.307. The van der Waals surface area contributed by atoms with E-state index in [-0.39, 0.29) is 0 Å². The largest absolute Gasteiger partial charge is 0.335 e. The highest BCUT2D eigenvalue weighted by atomic mass is 32.1. The van der Waals surface area contributed by atoms with Crippen LogP contribution in [0, 0.1) is 0 Å². The fourth-order valence-electron chi connectivity index (χ4n) is 2.70. The molecule has 0 radical (unpaired) electrons. The predicted molar refractivity (Wildman–Crippen MR) is 75.9 cm³/mol. The van der Waals surface area contributed by atoms with E-state index in [1.807, 2.05) is 18.4 Å². The Morgan fingerprint density at radius 3 is 3.17 bits per heavy atom. The topological polar surface area (TPSA) is 32.3 Å². The van der Waals surface area contributed by atoms with E-state index in [2.05, 4.69) is 28.6 Å². The molecule has 1 N–H and O–H groups in total. The molecule has 0 saturated heterocycles. The van der Waals surface area contributed by atoms with Gasteiger partial charge in [0.15, 0.2) is 0 Å². The molecule has 0 saturated carbocycles. The van der Waals surface area contributed by atoms with Gasteiger partial charge >= 0.3 is 0 Å². The second kappa shape index (κ2) is 6.34. The van der Waals surface area contributed by atoms with Crippen LogP contribution < -0.4 is 5.32 Å². The lowest BCUT2D eigenvalue weighted by Crippen LogP contribution is -2.39. The van der Waals surface area contributed by atoms with Crippen LogP contribution in [0.2, 0.25) is 0 Å². The van der Waals surface area contributed by atoms with Crippen molar-refractivity contribution in [3.63, 3.8) is 0 Å². The van der Waals surface area contributed by atoms with E-state index in [9.17, 15) is 4.79 Å². The summed E-state index contributed by atoms with van der Waals surface area (Å²) in [5.41, 5.74) is 1.38. The number of hydrogen-bond acceptors (Lipinski definition) is 3. The highest BCUT2D eigenvalue weighted by Crippen LogP contribution is 2.35. The van der Waals surface area contributed by atoms with Crippen molar-refractivity contribution in [2.45, 2.75) is 38.6 Å². The maximum atomic E-state index is 12.3. The first-order chi connectivity index (χ1) is 8.77. The zero-order valence-electron chi connectivity index (χ0n) is 11.2. The number of carbonyl (C=O) groups excluding carboxylic acids is 1. The molecule has 2 heterocycles. The molecule has 1 amide bonds. The zero-order valence-corrected chi connectivity index (χ0v) is 12.1. The third-order valence-corrected chi connectivity index (χ3v) is 4.62. The van der Waals surface area contributed by atoms with Crippen LogP contribution in [0.3, 0.4) is 0 Å². The first-order valence-electron chi connectivity index (χ1n) is 6.78. The average Bonchev–Trinajstić information content (AvgIpc) is 2.85. The zero-order chi connectivity index (χ0) is 13.0. The summed E-state index contributed by atoms with van der Waals surface area (Å²) in [5, 5.41) is 5.25. The van der Waals surface area contributed by atoms with E-state index < -0.39 is 0 Å². The number of fused-ring (bicyclic) bond motifs is 1. The van der Waals surface area contributed by atoms with Gasteiger partial charge in [-0.1, -0.05) is 6.92 Å². The lowest BCUT2D eigenvalue weighted by molar-refractivity contribution is -0.134. The molecule has 4 heteroatoms. The van der Waals surface area contributed by atoms with Crippen molar-refractivity contribution in [3.8, 4) is 0 Å². The summed E-state index contributed by atoms with van der Waals surface area (Å²) in [4.78, 5) is 15.8. The molecular formula is C14H22N2OS. The molecular weight excluding hydrogens is 244 g/mol. The fourth-order valence-corrected chi connectivity index (χ4v) is 3.62. The lowest BCUT2D eigenvalue weighted by atomic mass is 9.97.